The molecule has 2 N–H and O–H groups in total. The highest BCUT2D eigenvalue weighted by Gasteiger charge is 2.19. The Hall–Kier alpha value is -0.280. The minimum Gasteiger partial charge on any atom is -0.363 e. The fourth-order valence-corrected chi connectivity index (χ4v) is 2.14. The number of hydrogen-bond donors (Lipinski definition) is 2. The topological polar surface area (TPSA) is 81.1 Å². The quantitative estimate of drug-likeness (QED) is 0.600. The van der Waals surface area contributed by atoms with Gasteiger partial charge in [-0.1, -0.05) is 0 Å². The van der Waals surface area contributed by atoms with Gasteiger partial charge in [0.2, 0.25) is 6.36 Å². The minimum atomic E-state index is -3.91. The molecule has 1 rings (SSSR count). The second-order valence-corrected chi connectivity index (χ2v) is 5.43. The van der Waals surface area contributed by atoms with E-state index < -0.39 is 16.5 Å². The number of piperazine rings is 1. The Balaban J connectivity index is 2.22. The summed E-state index contributed by atoms with van der Waals surface area (Å²) in [6.07, 6.45) is -1.83. The SMILES string of the molecule is O=S(=O)(O)CCN1CCN(CC(O)F)CC1. The number of rotatable bonds is 5. The molecule has 0 aromatic carbocycles. The van der Waals surface area contributed by atoms with Crippen molar-refractivity contribution in [3.63, 3.8) is 0 Å². The summed E-state index contributed by atoms with van der Waals surface area (Å²) in [7, 11) is -3.91. The van der Waals surface area contributed by atoms with Crippen LogP contribution in [0.2, 0.25) is 0 Å². The molecule has 8 heteroatoms. The summed E-state index contributed by atoms with van der Waals surface area (Å²) in [6.45, 7) is 2.68. The molecule has 0 saturated carbocycles. The third-order valence-electron chi connectivity index (χ3n) is 2.54. The van der Waals surface area contributed by atoms with E-state index >= 15 is 0 Å². The largest absolute Gasteiger partial charge is 0.363 e. The van der Waals surface area contributed by atoms with Crippen LogP contribution in [0.15, 0.2) is 0 Å². The van der Waals surface area contributed by atoms with E-state index in [9.17, 15) is 12.8 Å². The second kappa shape index (κ2) is 5.87. The maximum Gasteiger partial charge on any atom is 0.266 e. The smallest absolute Gasteiger partial charge is 0.266 e. The van der Waals surface area contributed by atoms with E-state index in [0.717, 1.165) is 0 Å². The molecule has 0 amide bonds. The number of aliphatic hydroxyl groups is 1. The first kappa shape index (κ1) is 13.8. The van der Waals surface area contributed by atoms with E-state index in [0.29, 0.717) is 26.2 Å². The van der Waals surface area contributed by atoms with Crippen molar-refractivity contribution in [2.24, 2.45) is 0 Å². The predicted molar refractivity (Wildman–Crippen MR) is 56.4 cm³/mol. The normalized spacial score (nSPS) is 22.2. The van der Waals surface area contributed by atoms with E-state index in [1.165, 1.54) is 0 Å². The molecule has 1 aliphatic rings. The van der Waals surface area contributed by atoms with Crippen LogP contribution in [0.25, 0.3) is 0 Å². The van der Waals surface area contributed by atoms with E-state index in [-0.39, 0.29) is 18.8 Å². The average Bonchev–Trinajstić information content (AvgIpc) is 2.14. The second-order valence-electron chi connectivity index (χ2n) is 3.86. The van der Waals surface area contributed by atoms with Gasteiger partial charge in [0.25, 0.3) is 10.1 Å². The van der Waals surface area contributed by atoms with Crippen molar-refractivity contribution < 1.29 is 22.5 Å². The summed E-state index contributed by atoms with van der Waals surface area (Å²) in [5, 5.41) is 8.55. The zero-order valence-corrected chi connectivity index (χ0v) is 9.74. The summed E-state index contributed by atoms with van der Waals surface area (Å²) in [4.78, 5) is 3.66. The third-order valence-corrected chi connectivity index (χ3v) is 3.24. The Bertz CT molecular complexity index is 301. The Morgan fingerprint density at radius 1 is 1.19 bits per heavy atom. The Morgan fingerprint density at radius 3 is 2.12 bits per heavy atom. The van der Waals surface area contributed by atoms with Gasteiger partial charge in [0.05, 0.1) is 12.3 Å². The van der Waals surface area contributed by atoms with E-state index in [2.05, 4.69) is 0 Å². The molecule has 1 atom stereocenters. The summed E-state index contributed by atoms with van der Waals surface area (Å²) in [5.74, 6) is -0.279. The average molecular weight is 256 g/mol. The highest BCUT2D eigenvalue weighted by atomic mass is 32.2. The van der Waals surface area contributed by atoms with Gasteiger partial charge in [-0.05, 0) is 0 Å². The van der Waals surface area contributed by atoms with Crippen molar-refractivity contribution in [1.29, 1.82) is 0 Å². The highest BCUT2D eigenvalue weighted by Crippen LogP contribution is 2.03. The first-order valence-electron chi connectivity index (χ1n) is 5.09. The van der Waals surface area contributed by atoms with Crippen LogP contribution in [0, 0.1) is 0 Å². The van der Waals surface area contributed by atoms with Gasteiger partial charge in [0.15, 0.2) is 0 Å². The summed E-state index contributed by atoms with van der Waals surface area (Å²) >= 11 is 0. The van der Waals surface area contributed by atoms with Crippen molar-refractivity contribution in [3.8, 4) is 0 Å². The lowest BCUT2D eigenvalue weighted by atomic mass is 10.3. The minimum absolute atomic E-state index is 0.00780. The monoisotopic (exact) mass is 256 g/mol. The molecule has 1 heterocycles. The molecule has 0 bridgehead atoms. The van der Waals surface area contributed by atoms with Gasteiger partial charge < -0.3 is 5.11 Å². The summed E-state index contributed by atoms with van der Waals surface area (Å²) in [5.41, 5.74) is 0. The fourth-order valence-electron chi connectivity index (χ4n) is 1.65. The Morgan fingerprint density at radius 2 is 1.69 bits per heavy atom. The fraction of sp³-hybridized carbons (Fsp3) is 1.00. The van der Waals surface area contributed by atoms with Crippen molar-refractivity contribution in [3.05, 3.63) is 0 Å². The molecule has 0 radical (unpaired) electrons. The van der Waals surface area contributed by atoms with Gasteiger partial charge in [-0.25, -0.2) is 4.39 Å². The first-order valence-corrected chi connectivity index (χ1v) is 6.70. The molecule has 1 aliphatic heterocycles. The molecule has 0 aromatic heterocycles. The van der Waals surface area contributed by atoms with Crippen LogP contribution >= 0.6 is 0 Å². The van der Waals surface area contributed by atoms with E-state index in [4.69, 9.17) is 9.66 Å². The molecular formula is C8H17FN2O4S. The third kappa shape index (κ3) is 5.71. The van der Waals surface area contributed by atoms with Crippen LogP contribution < -0.4 is 0 Å². The van der Waals surface area contributed by atoms with Gasteiger partial charge >= 0.3 is 0 Å². The molecule has 1 fully saturated rings. The van der Waals surface area contributed by atoms with Gasteiger partial charge in [0, 0.05) is 32.7 Å². The van der Waals surface area contributed by atoms with Crippen molar-refractivity contribution in [2.75, 3.05) is 45.0 Å². The lowest BCUT2D eigenvalue weighted by Gasteiger charge is -2.34. The standard InChI is InChI=1S/C8H17FN2O4S/c9-8(12)7-11-3-1-10(2-4-11)5-6-16(13,14)15/h8,12H,1-7H2,(H,13,14,15). The summed E-state index contributed by atoms with van der Waals surface area (Å²) < 4.78 is 41.9. The zero-order chi connectivity index (χ0) is 12.2. The number of aliphatic hydroxyl groups excluding tert-OH is 1. The molecular weight excluding hydrogens is 239 g/mol. The number of β-amino-alcohol motifs (C(OH)–C–C–N with tert-alkyl or cyclic N) is 1. The Labute approximate surface area is 94.4 Å². The molecule has 1 saturated heterocycles. The molecule has 1 unspecified atom stereocenters. The number of alkyl halides is 1. The van der Waals surface area contributed by atoms with Crippen molar-refractivity contribution >= 4 is 10.1 Å². The predicted octanol–water partition coefficient (Wildman–Crippen LogP) is -1.22. The maximum atomic E-state index is 12.3. The van der Waals surface area contributed by atoms with Gasteiger partial charge in [0.1, 0.15) is 0 Å². The Kier molecular flexibility index (Phi) is 5.06. The van der Waals surface area contributed by atoms with Crippen molar-refractivity contribution in [1.82, 2.24) is 9.80 Å². The van der Waals surface area contributed by atoms with Crippen LogP contribution in [0.3, 0.4) is 0 Å². The van der Waals surface area contributed by atoms with Crippen LogP contribution in [-0.4, -0.2) is 79.3 Å². The van der Waals surface area contributed by atoms with Crippen LogP contribution in [-0.2, 0) is 10.1 Å². The number of halogens is 1. The van der Waals surface area contributed by atoms with Crippen LogP contribution in [0.1, 0.15) is 0 Å². The molecule has 0 aliphatic carbocycles. The number of hydrogen-bond acceptors (Lipinski definition) is 5. The first-order chi connectivity index (χ1) is 7.37. The van der Waals surface area contributed by atoms with E-state index in [1.807, 2.05) is 4.90 Å². The number of nitrogens with zero attached hydrogens (tertiary/aromatic N) is 2. The van der Waals surface area contributed by atoms with Crippen LogP contribution in [0.4, 0.5) is 4.39 Å². The molecule has 96 valence electrons. The van der Waals surface area contributed by atoms with Gasteiger partial charge in [-0.3, -0.25) is 14.4 Å². The summed E-state index contributed by atoms with van der Waals surface area (Å²) in [6, 6.07) is 0. The van der Waals surface area contributed by atoms with Crippen LogP contribution in [0.5, 0.6) is 0 Å². The lowest BCUT2D eigenvalue weighted by Crippen LogP contribution is -2.49. The molecule has 16 heavy (non-hydrogen) atoms. The lowest BCUT2D eigenvalue weighted by molar-refractivity contribution is -0.00373. The maximum absolute atomic E-state index is 12.3. The highest BCUT2D eigenvalue weighted by molar-refractivity contribution is 7.85. The molecule has 0 aromatic rings. The van der Waals surface area contributed by atoms with Crippen molar-refractivity contribution in [2.45, 2.75) is 6.36 Å². The van der Waals surface area contributed by atoms with Gasteiger partial charge in [-0.15, -0.1) is 0 Å². The molecule has 6 nitrogen and oxygen atoms in total. The molecule has 0 spiro atoms. The zero-order valence-electron chi connectivity index (χ0n) is 8.92. The van der Waals surface area contributed by atoms with E-state index in [1.54, 1.807) is 4.90 Å². The van der Waals surface area contributed by atoms with Gasteiger partial charge in [-0.2, -0.15) is 8.42 Å².